The highest BCUT2D eigenvalue weighted by molar-refractivity contribution is 7.93. The summed E-state index contributed by atoms with van der Waals surface area (Å²) in [6.45, 7) is 6.94. The van der Waals surface area contributed by atoms with Gasteiger partial charge in [0.2, 0.25) is 0 Å². The number of nitrogens with two attached hydrogens (primary N) is 2. The van der Waals surface area contributed by atoms with Crippen molar-refractivity contribution in [3.05, 3.63) is 70.8 Å². The van der Waals surface area contributed by atoms with Gasteiger partial charge in [0.05, 0.1) is 22.0 Å². The van der Waals surface area contributed by atoms with Gasteiger partial charge in [-0.2, -0.15) is 0 Å². The zero-order valence-corrected chi connectivity index (χ0v) is 19.9. The minimum atomic E-state index is -4.00. The molecule has 0 fully saturated rings. The van der Waals surface area contributed by atoms with Crippen LogP contribution in [0.15, 0.2) is 58.3 Å². The van der Waals surface area contributed by atoms with Crippen molar-refractivity contribution in [1.29, 1.82) is 0 Å². The van der Waals surface area contributed by atoms with Gasteiger partial charge in [-0.3, -0.25) is 9.44 Å². The molecule has 0 aliphatic heterocycles. The van der Waals surface area contributed by atoms with E-state index in [0.717, 1.165) is 5.56 Å². The number of nitrogen functional groups attached to an aromatic ring is 2. The molecule has 0 spiro atoms. The third-order valence-corrected chi connectivity index (χ3v) is 8.07. The summed E-state index contributed by atoms with van der Waals surface area (Å²) in [5, 5.41) is 0. The fourth-order valence-corrected chi connectivity index (χ4v) is 5.87. The van der Waals surface area contributed by atoms with E-state index in [-0.39, 0.29) is 26.9 Å². The minimum absolute atomic E-state index is 0.0454. The summed E-state index contributed by atoms with van der Waals surface area (Å²) in [5.74, 6) is 0. The molecule has 0 bridgehead atoms. The van der Waals surface area contributed by atoms with Crippen LogP contribution in [0.5, 0.6) is 0 Å². The summed E-state index contributed by atoms with van der Waals surface area (Å²) in [7, 11) is -7.95. The lowest BCUT2D eigenvalue weighted by atomic mass is 10.1. The molecule has 0 atom stereocenters. The van der Waals surface area contributed by atoms with Crippen molar-refractivity contribution >= 4 is 42.8 Å². The Hall–Kier alpha value is -3.24. The largest absolute Gasteiger partial charge is 0.399 e. The second kappa shape index (κ2) is 8.36. The van der Waals surface area contributed by atoms with Gasteiger partial charge in [0.1, 0.15) is 4.90 Å². The molecule has 0 heterocycles. The van der Waals surface area contributed by atoms with E-state index in [0.29, 0.717) is 22.4 Å². The van der Waals surface area contributed by atoms with Gasteiger partial charge in [0.25, 0.3) is 20.0 Å². The quantitative estimate of drug-likeness (QED) is 0.401. The zero-order chi connectivity index (χ0) is 23.8. The number of rotatable bonds is 6. The van der Waals surface area contributed by atoms with Crippen LogP contribution in [-0.4, -0.2) is 16.8 Å². The number of hydrogen-bond acceptors (Lipinski definition) is 6. The molecule has 6 N–H and O–H groups in total. The first-order valence-electron chi connectivity index (χ1n) is 9.69. The predicted octanol–water partition coefficient (Wildman–Crippen LogP) is 3.69. The molecule has 0 aliphatic carbocycles. The molecule has 170 valence electrons. The molecular weight excluding hydrogens is 448 g/mol. The Balaban J connectivity index is 2.01. The number of hydrogen-bond donors (Lipinski definition) is 4. The van der Waals surface area contributed by atoms with E-state index in [1.807, 2.05) is 0 Å². The molecule has 3 aromatic rings. The molecule has 10 heteroatoms. The number of sulfonamides is 2. The average molecular weight is 475 g/mol. The van der Waals surface area contributed by atoms with Crippen LogP contribution in [0.2, 0.25) is 0 Å². The van der Waals surface area contributed by atoms with Crippen molar-refractivity contribution in [3.63, 3.8) is 0 Å². The Kier molecular flexibility index (Phi) is 6.12. The lowest BCUT2D eigenvalue weighted by Crippen LogP contribution is -2.17. The first-order valence-corrected chi connectivity index (χ1v) is 12.7. The summed E-state index contributed by atoms with van der Waals surface area (Å²) in [4.78, 5) is 0.00122. The maximum absolute atomic E-state index is 13.0. The van der Waals surface area contributed by atoms with Crippen LogP contribution in [-0.2, 0) is 20.0 Å². The highest BCUT2D eigenvalue weighted by atomic mass is 32.2. The molecule has 3 aromatic carbocycles. The molecule has 0 aromatic heterocycles. The van der Waals surface area contributed by atoms with Gasteiger partial charge in [-0.05, 0) is 86.3 Å². The normalized spacial score (nSPS) is 11.9. The Morgan fingerprint density at radius 2 is 1.34 bits per heavy atom. The first kappa shape index (κ1) is 23.4. The van der Waals surface area contributed by atoms with Crippen LogP contribution in [0, 0.1) is 27.7 Å². The standard InChI is InChI=1S/C22H26N4O4S2/c1-13-5-8-19(24)22(9-13)32(29,30)26-20-12-18(10-15(3)16(20)4)25-31(27,28)21-11-17(23)7-6-14(21)2/h5-12,25-26H,23-24H2,1-4H3. The lowest BCUT2D eigenvalue weighted by Gasteiger charge is -2.17. The van der Waals surface area contributed by atoms with Gasteiger partial charge in [-0.15, -0.1) is 0 Å². The zero-order valence-electron chi connectivity index (χ0n) is 18.2. The minimum Gasteiger partial charge on any atom is -0.399 e. The van der Waals surface area contributed by atoms with E-state index < -0.39 is 20.0 Å². The molecule has 8 nitrogen and oxygen atoms in total. The van der Waals surface area contributed by atoms with E-state index >= 15 is 0 Å². The monoisotopic (exact) mass is 474 g/mol. The van der Waals surface area contributed by atoms with Crippen molar-refractivity contribution < 1.29 is 16.8 Å². The van der Waals surface area contributed by atoms with Gasteiger partial charge in [0, 0.05) is 5.69 Å². The number of anilines is 4. The Labute approximate surface area is 188 Å². The summed E-state index contributed by atoms with van der Waals surface area (Å²) in [5.41, 5.74) is 15.2. The van der Waals surface area contributed by atoms with Crippen molar-refractivity contribution in [1.82, 2.24) is 0 Å². The van der Waals surface area contributed by atoms with Gasteiger partial charge >= 0.3 is 0 Å². The Morgan fingerprint density at radius 1 is 0.688 bits per heavy atom. The molecule has 0 saturated carbocycles. The predicted molar refractivity (Wildman–Crippen MR) is 129 cm³/mol. The molecule has 0 aliphatic rings. The van der Waals surface area contributed by atoms with Crippen LogP contribution < -0.4 is 20.9 Å². The Morgan fingerprint density at radius 3 is 2.03 bits per heavy atom. The van der Waals surface area contributed by atoms with Crippen molar-refractivity contribution in [3.8, 4) is 0 Å². The van der Waals surface area contributed by atoms with Crippen LogP contribution in [0.4, 0.5) is 22.7 Å². The van der Waals surface area contributed by atoms with E-state index in [1.54, 1.807) is 52.0 Å². The molecule has 0 amide bonds. The maximum atomic E-state index is 13.0. The van der Waals surface area contributed by atoms with Crippen LogP contribution in [0.25, 0.3) is 0 Å². The first-order chi connectivity index (χ1) is 14.8. The Bertz CT molecular complexity index is 1420. The van der Waals surface area contributed by atoms with Crippen LogP contribution in [0.3, 0.4) is 0 Å². The van der Waals surface area contributed by atoms with Crippen molar-refractivity contribution in [2.24, 2.45) is 0 Å². The number of nitrogens with one attached hydrogen (secondary N) is 2. The van der Waals surface area contributed by atoms with Crippen molar-refractivity contribution in [2.45, 2.75) is 37.5 Å². The van der Waals surface area contributed by atoms with Gasteiger partial charge in [-0.25, -0.2) is 16.8 Å². The average Bonchev–Trinajstić information content (AvgIpc) is 2.68. The van der Waals surface area contributed by atoms with Gasteiger partial charge in [-0.1, -0.05) is 12.1 Å². The van der Waals surface area contributed by atoms with Gasteiger partial charge < -0.3 is 11.5 Å². The van der Waals surface area contributed by atoms with E-state index in [1.165, 1.54) is 24.3 Å². The lowest BCUT2D eigenvalue weighted by molar-refractivity contribution is 0.599. The second-order valence-electron chi connectivity index (χ2n) is 7.74. The summed E-state index contributed by atoms with van der Waals surface area (Å²) >= 11 is 0. The molecule has 0 saturated heterocycles. The topological polar surface area (TPSA) is 144 Å². The fraction of sp³-hybridized carbons (Fsp3) is 0.182. The molecule has 32 heavy (non-hydrogen) atoms. The molecule has 0 unspecified atom stereocenters. The van der Waals surface area contributed by atoms with Crippen LogP contribution >= 0.6 is 0 Å². The highest BCUT2D eigenvalue weighted by Gasteiger charge is 2.22. The summed E-state index contributed by atoms with van der Waals surface area (Å²) in [6.07, 6.45) is 0. The van der Waals surface area contributed by atoms with E-state index in [2.05, 4.69) is 9.44 Å². The van der Waals surface area contributed by atoms with E-state index in [4.69, 9.17) is 11.5 Å². The number of aryl methyl sites for hydroxylation is 3. The van der Waals surface area contributed by atoms with E-state index in [9.17, 15) is 16.8 Å². The fourth-order valence-electron chi connectivity index (χ4n) is 3.21. The smallest absolute Gasteiger partial charge is 0.263 e. The summed E-state index contributed by atoms with van der Waals surface area (Å²) in [6, 6.07) is 12.4. The highest BCUT2D eigenvalue weighted by Crippen LogP contribution is 2.30. The molecular formula is C22H26N4O4S2. The maximum Gasteiger partial charge on any atom is 0.263 e. The van der Waals surface area contributed by atoms with Crippen LogP contribution in [0.1, 0.15) is 22.3 Å². The SMILES string of the molecule is Cc1ccc(N)c(S(=O)(=O)Nc2cc(NS(=O)(=O)c3cc(N)ccc3C)cc(C)c2C)c1. The third-order valence-electron chi connectivity index (χ3n) is 5.12. The number of benzene rings is 3. The summed E-state index contributed by atoms with van der Waals surface area (Å²) < 4.78 is 56.9. The third kappa shape index (κ3) is 4.81. The molecule has 3 rings (SSSR count). The molecule has 0 radical (unpaired) electrons. The second-order valence-corrected chi connectivity index (χ2v) is 11.0. The van der Waals surface area contributed by atoms with Gasteiger partial charge in [0.15, 0.2) is 0 Å². The van der Waals surface area contributed by atoms with Crippen molar-refractivity contribution in [2.75, 3.05) is 20.9 Å².